The van der Waals surface area contributed by atoms with Crippen molar-refractivity contribution in [2.24, 2.45) is 0 Å². The van der Waals surface area contributed by atoms with Gasteiger partial charge in [0.1, 0.15) is 11.5 Å². The normalized spacial score (nSPS) is 10.7. The molecule has 0 saturated heterocycles. The summed E-state index contributed by atoms with van der Waals surface area (Å²) in [6.07, 6.45) is 1.78. The van der Waals surface area contributed by atoms with Crippen molar-refractivity contribution in [3.05, 3.63) is 79.2 Å². The molecule has 1 radical (unpaired) electrons. The summed E-state index contributed by atoms with van der Waals surface area (Å²) in [5.41, 5.74) is 1.24. The van der Waals surface area contributed by atoms with Crippen molar-refractivity contribution in [2.45, 2.75) is 12.8 Å². The van der Waals surface area contributed by atoms with E-state index in [9.17, 15) is 0 Å². The number of hydrogen-bond donors (Lipinski definition) is 0. The van der Waals surface area contributed by atoms with Gasteiger partial charge in [0.05, 0.1) is 0 Å². The number of rotatable bonds is 4. The van der Waals surface area contributed by atoms with Crippen molar-refractivity contribution in [3.8, 4) is 11.5 Å². The molecule has 1 heteroatoms. The molecule has 0 amide bonds. The number of aryl methyl sites for hydroxylation is 1. The minimum Gasteiger partial charge on any atom is -0.457 e. The summed E-state index contributed by atoms with van der Waals surface area (Å²) in [7, 11) is 0. The highest BCUT2D eigenvalue weighted by Gasteiger charge is 2.08. The smallest absolute Gasteiger partial charge is 0.131 e. The summed E-state index contributed by atoms with van der Waals surface area (Å²) < 4.78 is 6.04. The van der Waals surface area contributed by atoms with Crippen LogP contribution in [0.25, 0.3) is 10.8 Å². The number of para-hydroxylation sites is 1. The fraction of sp³-hybridized carbons (Fsp3) is 0.105. The maximum atomic E-state index is 6.04. The lowest BCUT2D eigenvalue weighted by molar-refractivity contribution is 0.477. The van der Waals surface area contributed by atoms with Gasteiger partial charge >= 0.3 is 0 Å². The quantitative estimate of drug-likeness (QED) is 0.611. The lowest BCUT2D eigenvalue weighted by Crippen LogP contribution is -1.93. The third-order valence-corrected chi connectivity index (χ3v) is 3.40. The first kappa shape index (κ1) is 12.7. The molecule has 0 fully saturated rings. The first-order chi connectivity index (χ1) is 9.88. The van der Waals surface area contributed by atoms with E-state index in [1.54, 1.807) is 0 Å². The zero-order chi connectivity index (χ0) is 13.8. The Morgan fingerprint density at radius 3 is 2.35 bits per heavy atom. The standard InChI is InChI=1S/C19H17O/c1-2-8-18-17-12-7-6-9-15(17)13-14-19(18)20-16-10-4-3-5-11-16/h3-7,9-14H,1-2,8H2. The molecule has 0 saturated carbocycles. The monoisotopic (exact) mass is 261 g/mol. The number of ether oxygens (including phenoxy) is 1. The molecule has 0 spiro atoms. The van der Waals surface area contributed by atoms with Crippen molar-refractivity contribution >= 4 is 10.8 Å². The number of benzene rings is 3. The third-order valence-electron chi connectivity index (χ3n) is 3.40. The average molecular weight is 261 g/mol. The molecule has 20 heavy (non-hydrogen) atoms. The molecule has 0 heterocycles. The zero-order valence-corrected chi connectivity index (χ0v) is 11.4. The Kier molecular flexibility index (Phi) is 3.69. The van der Waals surface area contributed by atoms with Crippen molar-refractivity contribution in [3.63, 3.8) is 0 Å². The Hall–Kier alpha value is -2.28. The fourth-order valence-corrected chi connectivity index (χ4v) is 2.46. The van der Waals surface area contributed by atoms with E-state index in [-0.39, 0.29) is 0 Å². The van der Waals surface area contributed by atoms with Crippen LogP contribution in [0.2, 0.25) is 0 Å². The summed E-state index contributed by atoms with van der Waals surface area (Å²) in [5.74, 6) is 1.80. The summed E-state index contributed by atoms with van der Waals surface area (Å²) in [4.78, 5) is 0. The first-order valence-corrected chi connectivity index (χ1v) is 6.91. The first-order valence-electron chi connectivity index (χ1n) is 6.91. The lowest BCUT2D eigenvalue weighted by atomic mass is 10.00. The molecule has 3 rings (SSSR count). The predicted molar refractivity (Wildman–Crippen MR) is 84.1 cm³/mol. The molecule has 0 atom stereocenters. The van der Waals surface area contributed by atoms with Crippen molar-refractivity contribution < 1.29 is 4.74 Å². The Balaban J connectivity index is 2.08. The number of hydrogen-bond acceptors (Lipinski definition) is 1. The summed E-state index contributed by atoms with van der Waals surface area (Å²) >= 11 is 0. The highest BCUT2D eigenvalue weighted by molar-refractivity contribution is 5.87. The fourth-order valence-electron chi connectivity index (χ4n) is 2.46. The average Bonchev–Trinajstić information content (AvgIpc) is 2.51. The van der Waals surface area contributed by atoms with Crippen LogP contribution in [0.3, 0.4) is 0 Å². The SMILES string of the molecule is [CH2]CCc1c(Oc2ccccc2)ccc2ccccc12. The summed E-state index contributed by atoms with van der Waals surface area (Å²) in [6, 6.07) is 22.5. The van der Waals surface area contributed by atoms with Crippen LogP contribution in [0, 0.1) is 6.92 Å². The predicted octanol–water partition coefficient (Wildman–Crippen LogP) is 5.40. The topological polar surface area (TPSA) is 9.23 Å². The van der Waals surface area contributed by atoms with E-state index in [0.717, 1.165) is 24.3 Å². The maximum absolute atomic E-state index is 6.04. The highest BCUT2D eigenvalue weighted by Crippen LogP contribution is 2.32. The van der Waals surface area contributed by atoms with E-state index in [4.69, 9.17) is 4.74 Å². The molecule has 3 aromatic carbocycles. The molecule has 0 bridgehead atoms. The van der Waals surface area contributed by atoms with Crippen LogP contribution in [0.15, 0.2) is 66.7 Å². The highest BCUT2D eigenvalue weighted by atomic mass is 16.5. The van der Waals surface area contributed by atoms with Gasteiger partial charge in [0.25, 0.3) is 0 Å². The van der Waals surface area contributed by atoms with Gasteiger partial charge in [-0.15, -0.1) is 0 Å². The van der Waals surface area contributed by atoms with Gasteiger partial charge in [-0.25, -0.2) is 0 Å². The summed E-state index contributed by atoms with van der Waals surface area (Å²) in [5, 5.41) is 2.50. The van der Waals surface area contributed by atoms with Crippen LogP contribution in [0.5, 0.6) is 11.5 Å². The largest absolute Gasteiger partial charge is 0.457 e. The molecule has 0 aromatic heterocycles. The second-order valence-corrected chi connectivity index (χ2v) is 4.78. The van der Waals surface area contributed by atoms with Gasteiger partial charge in [-0.3, -0.25) is 0 Å². The molecule has 0 aliphatic heterocycles. The van der Waals surface area contributed by atoms with E-state index in [2.05, 4.69) is 43.3 Å². The van der Waals surface area contributed by atoms with Gasteiger partial charge in [0, 0.05) is 5.56 Å². The molecular formula is C19H17O. The van der Waals surface area contributed by atoms with E-state index >= 15 is 0 Å². The van der Waals surface area contributed by atoms with Gasteiger partial charge in [-0.1, -0.05) is 55.5 Å². The minimum absolute atomic E-state index is 0.860. The zero-order valence-electron chi connectivity index (χ0n) is 11.4. The second-order valence-electron chi connectivity index (χ2n) is 4.78. The van der Waals surface area contributed by atoms with Gasteiger partial charge in [-0.2, -0.15) is 0 Å². The van der Waals surface area contributed by atoms with E-state index in [0.29, 0.717) is 0 Å². The van der Waals surface area contributed by atoms with Crippen LogP contribution in [0.4, 0.5) is 0 Å². The van der Waals surface area contributed by atoms with Gasteiger partial charge < -0.3 is 4.74 Å². The van der Waals surface area contributed by atoms with Crippen LogP contribution in [-0.4, -0.2) is 0 Å². The van der Waals surface area contributed by atoms with Crippen LogP contribution >= 0.6 is 0 Å². The van der Waals surface area contributed by atoms with Gasteiger partial charge in [-0.05, 0) is 41.8 Å². The van der Waals surface area contributed by atoms with E-state index in [1.165, 1.54) is 16.3 Å². The second kappa shape index (κ2) is 5.79. The molecule has 0 N–H and O–H groups in total. The Morgan fingerprint density at radius 2 is 1.55 bits per heavy atom. The number of fused-ring (bicyclic) bond motifs is 1. The Labute approximate surface area is 119 Å². The van der Waals surface area contributed by atoms with E-state index < -0.39 is 0 Å². The van der Waals surface area contributed by atoms with Crippen molar-refractivity contribution in [1.82, 2.24) is 0 Å². The van der Waals surface area contributed by atoms with Gasteiger partial charge in [0.15, 0.2) is 0 Å². The van der Waals surface area contributed by atoms with E-state index in [1.807, 2.05) is 30.3 Å². The maximum Gasteiger partial charge on any atom is 0.131 e. The summed E-state index contributed by atoms with van der Waals surface area (Å²) in [6.45, 7) is 3.98. The molecule has 0 aliphatic carbocycles. The Bertz CT molecular complexity index is 701. The van der Waals surface area contributed by atoms with Gasteiger partial charge in [0.2, 0.25) is 0 Å². The molecule has 1 nitrogen and oxygen atoms in total. The molecule has 0 aliphatic rings. The van der Waals surface area contributed by atoms with Crippen LogP contribution in [-0.2, 0) is 6.42 Å². The third kappa shape index (κ3) is 2.53. The minimum atomic E-state index is 0.860. The molecular weight excluding hydrogens is 244 g/mol. The molecule has 3 aromatic rings. The molecule has 0 unspecified atom stereocenters. The van der Waals surface area contributed by atoms with Crippen LogP contribution < -0.4 is 4.74 Å². The van der Waals surface area contributed by atoms with Crippen molar-refractivity contribution in [1.29, 1.82) is 0 Å². The molecule has 99 valence electrons. The Morgan fingerprint density at radius 1 is 0.800 bits per heavy atom. The van der Waals surface area contributed by atoms with Crippen molar-refractivity contribution in [2.75, 3.05) is 0 Å². The lowest BCUT2D eigenvalue weighted by Gasteiger charge is -2.13. The van der Waals surface area contributed by atoms with Crippen LogP contribution in [0.1, 0.15) is 12.0 Å².